The van der Waals surface area contributed by atoms with E-state index in [1.54, 1.807) is 0 Å². The van der Waals surface area contributed by atoms with E-state index in [0.717, 1.165) is 36.1 Å². The number of morpholine rings is 1. The summed E-state index contributed by atoms with van der Waals surface area (Å²) in [6.07, 6.45) is 0. The van der Waals surface area contributed by atoms with Crippen molar-refractivity contribution >= 4 is 17.2 Å². The van der Waals surface area contributed by atoms with E-state index in [1.165, 1.54) is 16.9 Å². The normalized spacial score (nSPS) is 18.1. The Morgan fingerprint density at radius 3 is 2.50 bits per heavy atom. The highest BCUT2D eigenvalue weighted by atomic mass is 32.1. The number of carbonyl (C=O) groups is 1. The lowest BCUT2D eigenvalue weighted by Crippen LogP contribution is -2.48. The summed E-state index contributed by atoms with van der Waals surface area (Å²) in [5.74, 6) is 0.00907. The second kappa shape index (κ2) is 7.92. The van der Waals surface area contributed by atoms with Crippen LogP contribution in [0.4, 0.5) is 0 Å². The molecule has 1 aliphatic rings. The number of ether oxygens (including phenoxy) is 1. The highest BCUT2D eigenvalue weighted by molar-refractivity contribution is 7.13. The maximum absolute atomic E-state index is 12.5. The molecule has 0 saturated carbocycles. The van der Waals surface area contributed by atoms with Crippen LogP contribution in [0, 0.1) is 6.92 Å². The van der Waals surface area contributed by atoms with Crippen molar-refractivity contribution in [3.8, 4) is 0 Å². The fourth-order valence-electron chi connectivity index (χ4n) is 3.23. The number of amides is 1. The third kappa shape index (κ3) is 4.04. The maximum Gasteiger partial charge on any atom is 0.261 e. The second-order valence-electron chi connectivity index (χ2n) is 6.18. The van der Waals surface area contributed by atoms with Crippen molar-refractivity contribution in [1.29, 1.82) is 0 Å². The molecule has 0 spiro atoms. The standard InChI is InChI=1S/C19H24N2O2S/c1-14-8-9-17(24-14)19(22)20-15(2)18(16-6-4-3-5-7-16)21-10-12-23-13-11-21/h3-9,15,18H,10-13H2,1-2H3,(H,20,22)/t15-,18-/m0/s1. The lowest BCUT2D eigenvalue weighted by atomic mass is 9.98. The minimum atomic E-state index is 0.00907. The first kappa shape index (κ1) is 17.1. The summed E-state index contributed by atoms with van der Waals surface area (Å²) in [6, 6.07) is 14.5. The van der Waals surface area contributed by atoms with Crippen LogP contribution in [0.25, 0.3) is 0 Å². The van der Waals surface area contributed by atoms with E-state index < -0.39 is 0 Å². The Morgan fingerprint density at radius 2 is 1.88 bits per heavy atom. The maximum atomic E-state index is 12.5. The summed E-state index contributed by atoms with van der Waals surface area (Å²) in [7, 11) is 0. The number of thiophene rings is 1. The van der Waals surface area contributed by atoms with E-state index in [0.29, 0.717) is 0 Å². The van der Waals surface area contributed by atoms with Crippen molar-refractivity contribution in [3.63, 3.8) is 0 Å². The van der Waals surface area contributed by atoms with Gasteiger partial charge in [-0.25, -0.2) is 0 Å². The lowest BCUT2D eigenvalue weighted by Gasteiger charge is -2.38. The number of aryl methyl sites for hydroxylation is 1. The van der Waals surface area contributed by atoms with Crippen LogP contribution in [0.1, 0.15) is 33.1 Å². The van der Waals surface area contributed by atoms with Gasteiger partial charge in [-0.1, -0.05) is 30.3 Å². The SMILES string of the molecule is Cc1ccc(C(=O)N[C@@H](C)[C@@H](c2ccccc2)N2CCOCC2)s1. The first-order valence-electron chi connectivity index (χ1n) is 8.39. The van der Waals surface area contributed by atoms with E-state index in [4.69, 9.17) is 4.74 Å². The van der Waals surface area contributed by atoms with Crippen LogP contribution in [0.2, 0.25) is 0 Å². The van der Waals surface area contributed by atoms with Crippen LogP contribution < -0.4 is 5.32 Å². The molecule has 5 heteroatoms. The first-order valence-corrected chi connectivity index (χ1v) is 9.21. The molecule has 4 nitrogen and oxygen atoms in total. The molecule has 1 aliphatic heterocycles. The molecule has 0 bridgehead atoms. The van der Waals surface area contributed by atoms with Gasteiger partial charge in [-0.15, -0.1) is 11.3 Å². The zero-order chi connectivity index (χ0) is 16.9. The topological polar surface area (TPSA) is 41.6 Å². The third-order valence-electron chi connectivity index (χ3n) is 4.38. The summed E-state index contributed by atoms with van der Waals surface area (Å²) in [5, 5.41) is 3.19. The summed E-state index contributed by atoms with van der Waals surface area (Å²) < 4.78 is 5.49. The Kier molecular flexibility index (Phi) is 5.66. The Morgan fingerprint density at radius 1 is 1.17 bits per heavy atom. The first-order chi connectivity index (χ1) is 11.6. The smallest absolute Gasteiger partial charge is 0.261 e. The van der Waals surface area contributed by atoms with Crippen LogP contribution in [0.15, 0.2) is 42.5 Å². The van der Waals surface area contributed by atoms with E-state index in [1.807, 2.05) is 25.1 Å². The lowest BCUT2D eigenvalue weighted by molar-refractivity contribution is 0.00890. The molecule has 3 rings (SSSR count). The van der Waals surface area contributed by atoms with E-state index >= 15 is 0 Å². The molecule has 1 saturated heterocycles. The van der Waals surface area contributed by atoms with Gasteiger partial charge in [0.2, 0.25) is 0 Å². The molecule has 0 aliphatic carbocycles. The summed E-state index contributed by atoms with van der Waals surface area (Å²) in [5.41, 5.74) is 1.23. The molecule has 0 radical (unpaired) electrons. The van der Waals surface area contributed by atoms with Gasteiger partial charge in [0.15, 0.2) is 0 Å². The van der Waals surface area contributed by atoms with Gasteiger partial charge in [0.25, 0.3) is 5.91 Å². The molecule has 2 heterocycles. The quantitative estimate of drug-likeness (QED) is 0.905. The van der Waals surface area contributed by atoms with Crippen molar-refractivity contribution in [2.45, 2.75) is 25.9 Å². The van der Waals surface area contributed by atoms with Gasteiger partial charge in [-0.2, -0.15) is 0 Å². The summed E-state index contributed by atoms with van der Waals surface area (Å²) >= 11 is 1.54. The average Bonchev–Trinajstić information content (AvgIpc) is 3.04. The Balaban J connectivity index is 1.77. The van der Waals surface area contributed by atoms with Crippen LogP contribution in [0.5, 0.6) is 0 Å². The molecule has 24 heavy (non-hydrogen) atoms. The number of carbonyl (C=O) groups excluding carboxylic acids is 1. The zero-order valence-electron chi connectivity index (χ0n) is 14.2. The minimum Gasteiger partial charge on any atom is -0.379 e. The second-order valence-corrected chi connectivity index (χ2v) is 7.46. The molecule has 1 aromatic carbocycles. The summed E-state index contributed by atoms with van der Waals surface area (Å²) in [4.78, 5) is 16.9. The van der Waals surface area contributed by atoms with Crippen molar-refractivity contribution in [3.05, 3.63) is 57.8 Å². The Hall–Kier alpha value is -1.69. The molecule has 1 fully saturated rings. The van der Waals surface area contributed by atoms with Crippen LogP contribution >= 0.6 is 11.3 Å². The molecule has 1 aromatic heterocycles. The Labute approximate surface area is 147 Å². The Bertz CT molecular complexity index is 665. The van der Waals surface area contributed by atoms with Gasteiger partial charge in [0, 0.05) is 24.0 Å². The molecular formula is C19H24N2O2S. The number of hydrogen-bond donors (Lipinski definition) is 1. The predicted octanol–water partition coefficient (Wildman–Crippen LogP) is 3.25. The van der Waals surface area contributed by atoms with Crippen molar-refractivity contribution in [2.24, 2.45) is 0 Å². The number of benzene rings is 1. The fourth-order valence-corrected chi connectivity index (χ4v) is 4.01. The van der Waals surface area contributed by atoms with E-state index in [9.17, 15) is 4.79 Å². The molecule has 1 N–H and O–H groups in total. The van der Waals surface area contributed by atoms with Gasteiger partial charge in [0.05, 0.1) is 24.1 Å². The molecule has 128 valence electrons. The average molecular weight is 344 g/mol. The number of nitrogens with one attached hydrogen (secondary N) is 1. The van der Waals surface area contributed by atoms with Crippen LogP contribution in [-0.2, 0) is 4.74 Å². The molecule has 0 unspecified atom stereocenters. The number of nitrogens with zero attached hydrogens (tertiary/aromatic N) is 1. The van der Waals surface area contributed by atoms with Gasteiger partial charge >= 0.3 is 0 Å². The van der Waals surface area contributed by atoms with Gasteiger partial charge in [-0.3, -0.25) is 9.69 Å². The van der Waals surface area contributed by atoms with Gasteiger partial charge < -0.3 is 10.1 Å². The molecule has 1 amide bonds. The third-order valence-corrected chi connectivity index (χ3v) is 5.38. The zero-order valence-corrected chi connectivity index (χ0v) is 15.0. The molecule has 2 aromatic rings. The monoisotopic (exact) mass is 344 g/mol. The largest absolute Gasteiger partial charge is 0.379 e. The highest BCUT2D eigenvalue weighted by Gasteiger charge is 2.29. The predicted molar refractivity (Wildman–Crippen MR) is 97.6 cm³/mol. The van der Waals surface area contributed by atoms with E-state index in [2.05, 4.69) is 41.4 Å². The number of hydrogen-bond acceptors (Lipinski definition) is 4. The summed E-state index contributed by atoms with van der Waals surface area (Å²) in [6.45, 7) is 7.37. The number of rotatable bonds is 5. The van der Waals surface area contributed by atoms with Gasteiger partial charge in [-0.05, 0) is 31.5 Å². The minimum absolute atomic E-state index is 0.00907. The van der Waals surface area contributed by atoms with Gasteiger partial charge in [0.1, 0.15) is 0 Å². The molecular weight excluding hydrogens is 320 g/mol. The van der Waals surface area contributed by atoms with E-state index in [-0.39, 0.29) is 18.0 Å². The fraction of sp³-hybridized carbons (Fsp3) is 0.421. The highest BCUT2D eigenvalue weighted by Crippen LogP contribution is 2.26. The van der Waals surface area contributed by atoms with Crippen molar-refractivity contribution in [1.82, 2.24) is 10.2 Å². The van der Waals surface area contributed by atoms with Crippen molar-refractivity contribution < 1.29 is 9.53 Å². The van der Waals surface area contributed by atoms with Crippen LogP contribution in [-0.4, -0.2) is 43.2 Å². The molecule has 2 atom stereocenters. The van der Waals surface area contributed by atoms with Crippen molar-refractivity contribution in [2.75, 3.05) is 26.3 Å². The van der Waals surface area contributed by atoms with Crippen LogP contribution in [0.3, 0.4) is 0 Å².